The van der Waals surface area contributed by atoms with E-state index in [9.17, 15) is 4.79 Å². The Bertz CT molecular complexity index is 986. The Kier molecular flexibility index (Phi) is 4.86. The monoisotopic (exact) mass is 395 g/mol. The number of aromatic nitrogens is 2. The van der Waals surface area contributed by atoms with Crippen LogP contribution < -0.4 is 10.5 Å². The van der Waals surface area contributed by atoms with Crippen LogP contribution in [0.1, 0.15) is 30.4 Å². The van der Waals surface area contributed by atoms with Crippen molar-refractivity contribution < 1.29 is 9.53 Å². The summed E-state index contributed by atoms with van der Waals surface area (Å²) in [5, 5.41) is 1.46. The number of benzene rings is 1. The van der Waals surface area contributed by atoms with Crippen LogP contribution in [0.2, 0.25) is 10.0 Å². The minimum atomic E-state index is -0.119. The van der Waals surface area contributed by atoms with Crippen LogP contribution in [0.15, 0.2) is 18.2 Å². The van der Waals surface area contributed by atoms with E-state index in [1.54, 1.807) is 18.2 Å². The van der Waals surface area contributed by atoms with Crippen LogP contribution >= 0.6 is 34.5 Å². The van der Waals surface area contributed by atoms with Crippen LogP contribution in [0.4, 0.5) is 5.69 Å². The van der Waals surface area contributed by atoms with Gasteiger partial charge in [0.1, 0.15) is 4.83 Å². The number of carbonyl (C=O) groups excluding carboxylic acids is 1. The number of nitrogen functional groups attached to an aromatic ring is 1. The molecule has 0 aliphatic carbocycles. The van der Waals surface area contributed by atoms with Crippen LogP contribution in [-0.4, -0.2) is 21.9 Å². The molecule has 1 aromatic carbocycles. The van der Waals surface area contributed by atoms with Gasteiger partial charge in [0.25, 0.3) is 0 Å². The van der Waals surface area contributed by atoms with E-state index < -0.39 is 0 Å². The number of rotatable bonds is 4. The molecule has 3 aromatic rings. The van der Waals surface area contributed by atoms with Gasteiger partial charge in [-0.25, -0.2) is 0 Å². The molecule has 0 aliphatic rings. The predicted octanol–water partition coefficient (Wildman–Crippen LogP) is 5.24. The summed E-state index contributed by atoms with van der Waals surface area (Å²) in [6.45, 7) is 5.24. The minimum absolute atomic E-state index is 0.0938. The number of hydrogen-bond donors (Lipinski definition) is 1. The molecule has 0 atom stereocenters. The first kappa shape index (κ1) is 17.9. The second-order valence-electron chi connectivity index (χ2n) is 5.73. The van der Waals surface area contributed by atoms with Gasteiger partial charge in [-0.2, -0.15) is 9.97 Å². The maximum atomic E-state index is 11.9. The maximum Gasteiger partial charge on any atom is 0.318 e. The Morgan fingerprint density at radius 3 is 2.56 bits per heavy atom. The molecule has 2 N–H and O–H groups in total. The van der Waals surface area contributed by atoms with Crippen molar-refractivity contribution in [2.24, 2.45) is 0 Å². The first-order chi connectivity index (χ1) is 11.8. The van der Waals surface area contributed by atoms with Crippen LogP contribution in [-0.2, 0) is 0 Å². The van der Waals surface area contributed by atoms with Gasteiger partial charge in [-0.15, -0.1) is 11.3 Å². The largest absolute Gasteiger partial charge is 0.461 e. The van der Waals surface area contributed by atoms with Crippen molar-refractivity contribution in [1.82, 2.24) is 9.97 Å². The Labute approximate surface area is 158 Å². The third kappa shape index (κ3) is 3.42. The lowest BCUT2D eigenvalue weighted by atomic mass is 10.1. The summed E-state index contributed by atoms with van der Waals surface area (Å²) in [4.78, 5) is 21.8. The SMILES string of the molecule is CC(=O)c1sc2nc(OC(C)C)nc(-c3ccc(Cl)c(Cl)c3)c2c1N. The van der Waals surface area contributed by atoms with E-state index in [0.29, 0.717) is 36.5 Å². The van der Waals surface area contributed by atoms with E-state index in [2.05, 4.69) is 9.97 Å². The van der Waals surface area contributed by atoms with Gasteiger partial charge >= 0.3 is 6.01 Å². The number of carbonyl (C=O) groups is 1. The Morgan fingerprint density at radius 1 is 1.24 bits per heavy atom. The molecule has 25 heavy (non-hydrogen) atoms. The maximum absolute atomic E-state index is 11.9. The number of nitrogens with two attached hydrogens (primary N) is 1. The van der Waals surface area contributed by atoms with Crippen molar-refractivity contribution in [1.29, 1.82) is 0 Å². The van der Waals surface area contributed by atoms with Crippen molar-refractivity contribution in [3.8, 4) is 17.3 Å². The Morgan fingerprint density at radius 2 is 1.96 bits per heavy atom. The van der Waals surface area contributed by atoms with Gasteiger partial charge in [0.05, 0.1) is 37.8 Å². The molecule has 0 fully saturated rings. The fourth-order valence-corrected chi connectivity index (χ4v) is 3.66. The van der Waals surface area contributed by atoms with E-state index in [0.717, 1.165) is 5.56 Å². The highest BCUT2D eigenvalue weighted by atomic mass is 35.5. The summed E-state index contributed by atoms with van der Waals surface area (Å²) >= 11 is 13.4. The number of fused-ring (bicyclic) bond motifs is 1. The smallest absolute Gasteiger partial charge is 0.318 e. The van der Waals surface area contributed by atoms with E-state index in [4.69, 9.17) is 33.7 Å². The summed E-state index contributed by atoms with van der Waals surface area (Å²) in [7, 11) is 0. The number of nitrogens with zero attached hydrogens (tertiary/aromatic N) is 2. The molecule has 8 heteroatoms. The van der Waals surface area contributed by atoms with Gasteiger partial charge in [-0.05, 0) is 26.0 Å². The van der Waals surface area contributed by atoms with Crippen LogP contribution in [0.5, 0.6) is 6.01 Å². The molecule has 0 radical (unpaired) electrons. The molecule has 130 valence electrons. The van der Waals surface area contributed by atoms with E-state index in [1.807, 2.05) is 13.8 Å². The third-order valence-corrected chi connectivity index (χ3v) is 5.36. The zero-order valence-corrected chi connectivity index (χ0v) is 16.1. The summed E-state index contributed by atoms with van der Waals surface area (Å²) in [6.07, 6.45) is -0.0938. The number of halogens is 2. The number of Topliss-reactive ketones (excluding diaryl/α,β-unsaturated/α-hetero) is 1. The number of ketones is 1. The first-order valence-electron chi connectivity index (χ1n) is 7.51. The zero-order valence-electron chi connectivity index (χ0n) is 13.8. The van der Waals surface area contributed by atoms with E-state index in [1.165, 1.54) is 18.3 Å². The third-order valence-electron chi connectivity index (χ3n) is 3.42. The van der Waals surface area contributed by atoms with Crippen LogP contribution in [0, 0.1) is 0 Å². The lowest BCUT2D eigenvalue weighted by molar-refractivity contribution is 0.102. The standard InChI is InChI=1S/C17H15Cl2N3O2S/c1-7(2)24-17-21-14(9-4-5-10(18)11(19)6-9)12-13(20)15(8(3)23)25-16(12)22-17/h4-7H,20H2,1-3H3. The summed E-state index contributed by atoms with van der Waals surface area (Å²) in [5.41, 5.74) is 7.85. The number of ether oxygens (including phenoxy) is 1. The summed E-state index contributed by atoms with van der Waals surface area (Å²) in [5.74, 6) is -0.119. The molecular formula is C17H15Cl2N3O2S. The van der Waals surface area contributed by atoms with Gasteiger partial charge in [0.15, 0.2) is 5.78 Å². The van der Waals surface area contributed by atoms with E-state index in [-0.39, 0.29) is 17.9 Å². The van der Waals surface area contributed by atoms with Gasteiger partial charge in [0, 0.05) is 12.5 Å². The molecule has 2 heterocycles. The molecule has 0 aliphatic heterocycles. The quantitative estimate of drug-likeness (QED) is 0.611. The van der Waals surface area contributed by atoms with Crippen LogP contribution in [0.3, 0.4) is 0 Å². The second-order valence-corrected chi connectivity index (χ2v) is 7.54. The molecule has 0 spiro atoms. The Balaban J connectivity index is 2.33. The fraction of sp³-hybridized carbons (Fsp3) is 0.235. The van der Waals surface area contributed by atoms with Gasteiger partial charge in [0.2, 0.25) is 0 Å². The first-order valence-corrected chi connectivity index (χ1v) is 9.08. The van der Waals surface area contributed by atoms with Crippen molar-refractivity contribution in [3.05, 3.63) is 33.1 Å². The molecule has 0 bridgehead atoms. The predicted molar refractivity (Wildman–Crippen MR) is 103 cm³/mol. The molecule has 5 nitrogen and oxygen atoms in total. The molecule has 2 aromatic heterocycles. The molecule has 3 rings (SSSR count). The molecule has 0 amide bonds. The highest BCUT2D eigenvalue weighted by Gasteiger charge is 2.21. The number of thiophene rings is 1. The highest BCUT2D eigenvalue weighted by Crippen LogP contribution is 2.40. The van der Waals surface area contributed by atoms with Crippen molar-refractivity contribution in [2.75, 3.05) is 5.73 Å². The average Bonchev–Trinajstić information content (AvgIpc) is 2.86. The second kappa shape index (κ2) is 6.78. The lowest BCUT2D eigenvalue weighted by Crippen LogP contribution is -2.09. The van der Waals surface area contributed by atoms with Crippen molar-refractivity contribution in [3.63, 3.8) is 0 Å². The van der Waals surface area contributed by atoms with Crippen molar-refractivity contribution in [2.45, 2.75) is 26.9 Å². The van der Waals surface area contributed by atoms with Gasteiger partial charge in [-0.1, -0.05) is 29.3 Å². The zero-order chi connectivity index (χ0) is 18.3. The summed E-state index contributed by atoms with van der Waals surface area (Å²) < 4.78 is 5.65. The number of anilines is 1. The summed E-state index contributed by atoms with van der Waals surface area (Å²) in [6, 6.07) is 5.40. The average molecular weight is 396 g/mol. The molecule has 0 saturated heterocycles. The lowest BCUT2D eigenvalue weighted by Gasteiger charge is -2.11. The fourth-order valence-electron chi connectivity index (χ4n) is 2.38. The minimum Gasteiger partial charge on any atom is -0.461 e. The highest BCUT2D eigenvalue weighted by molar-refractivity contribution is 7.21. The van der Waals surface area contributed by atoms with Crippen molar-refractivity contribution >= 4 is 56.2 Å². The number of hydrogen-bond acceptors (Lipinski definition) is 6. The molecule has 0 unspecified atom stereocenters. The Hall–Kier alpha value is -1.89. The molecule has 0 saturated carbocycles. The molecular weight excluding hydrogens is 381 g/mol. The normalized spacial score (nSPS) is 11.3. The van der Waals surface area contributed by atoms with Gasteiger partial charge < -0.3 is 10.5 Å². The van der Waals surface area contributed by atoms with Crippen LogP contribution in [0.25, 0.3) is 21.5 Å². The van der Waals surface area contributed by atoms with Gasteiger partial charge in [-0.3, -0.25) is 4.79 Å². The topological polar surface area (TPSA) is 78.1 Å². The van der Waals surface area contributed by atoms with E-state index >= 15 is 0 Å².